The molecule has 5 heteroatoms. The summed E-state index contributed by atoms with van der Waals surface area (Å²) in [6.07, 6.45) is 1.82. The lowest BCUT2D eigenvalue weighted by Gasteiger charge is -2.09. The number of benzene rings is 2. The number of nitro benzene ring substituents is 1. The Morgan fingerprint density at radius 1 is 1.00 bits per heavy atom. The average Bonchev–Trinajstić information content (AvgIpc) is 2.88. The third-order valence-electron chi connectivity index (χ3n) is 4.50. The van der Waals surface area contributed by atoms with E-state index in [-0.39, 0.29) is 5.69 Å². The van der Waals surface area contributed by atoms with E-state index in [9.17, 15) is 10.1 Å². The molecule has 0 saturated carbocycles. The molecule has 1 heterocycles. The standard InChI is InChI=1S/C21H21N3O2/c1-14-5-7-19(8-6-14)23-16(3)12-18(17(23)4)13-22-21-10-9-20(24(25)26)11-15(21)2/h5-13H,1-4H3. The lowest BCUT2D eigenvalue weighted by molar-refractivity contribution is -0.384. The first kappa shape index (κ1) is 17.6. The van der Waals surface area contributed by atoms with Crippen LogP contribution < -0.4 is 0 Å². The molecule has 0 N–H and O–H groups in total. The summed E-state index contributed by atoms with van der Waals surface area (Å²) in [7, 11) is 0. The summed E-state index contributed by atoms with van der Waals surface area (Å²) in [6, 6.07) is 15.2. The third kappa shape index (κ3) is 3.42. The molecule has 0 aliphatic rings. The van der Waals surface area contributed by atoms with Gasteiger partial charge >= 0.3 is 0 Å². The summed E-state index contributed by atoms with van der Waals surface area (Å²) in [4.78, 5) is 15.0. The van der Waals surface area contributed by atoms with Gasteiger partial charge in [-0.05, 0) is 57.5 Å². The Balaban J connectivity index is 1.94. The number of non-ortho nitro benzene ring substituents is 1. The first-order chi connectivity index (χ1) is 12.4. The molecule has 0 atom stereocenters. The first-order valence-corrected chi connectivity index (χ1v) is 8.42. The molecular weight excluding hydrogens is 326 g/mol. The molecule has 0 aliphatic heterocycles. The van der Waals surface area contributed by atoms with Crippen LogP contribution in [0.15, 0.2) is 53.5 Å². The molecule has 0 saturated heterocycles. The van der Waals surface area contributed by atoms with Crippen molar-refractivity contribution in [3.8, 4) is 5.69 Å². The predicted molar refractivity (Wildman–Crippen MR) is 105 cm³/mol. The zero-order valence-corrected chi connectivity index (χ0v) is 15.4. The number of aromatic nitrogens is 1. The monoisotopic (exact) mass is 347 g/mol. The summed E-state index contributed by atoms with van der Waals surface area (Å²) >= 11 is 0. The summed E-state index contributed by atoms with van der Waals surface area (Å²) < 4.78 is 2.20. The zero-order chi connectivity index (χ0) is 18.8. The Labute approximate surface area is 152 Å². The van der Waals surface area contributed by atoms with Crippen LogP contribution >= 0.6 is 0 Å². The highest BCUT2D eigenvalue weighted by Crippen LogP contribution is 2.25. The van der Waals surface area contributed by atoms with E-state index in [1.165, 1.54) is 11.6 Å². The molecule has 0 amide bonds. The molecule has 0 bridgehead atoms. The number of nitro groups is 1. The van der Waals surface area contributed by atoms with Crippen LogP contribution in [-0.4, -0.2) is 15.7 Å². The molecule has 26 heavy (non-hydrogen) atoms. The molecule has 0 fully saturated rings. The van der Waals surface area contributed by atoms with Crippen molar-refractivity contribution in [1.29, 1.82) is 0 Å². The molecule has 132 valence electrons. The van der Waals surface area contributed by atoms with E-state index in [0.29, 0.717) is 0 Å². The first-order valence-electron chi connectivity index (χ1n) is 8.42. The van der Waals surface area contributed by atoms with Crippen LogP contribution in [0.1, 0.15) is 28.1 Å². The van der Waals surface area contributed by atoms with Gasteiger partial charge in [0, 0.05) is 41.0 Å². The van der Waals surface area contributed by atoms with Crippen LogP contribution in [0.4, 0.5) is 11.4 Å². The maximum atomic E-state index is 10.8. The minimum atomic E-state index is -0.393. The van der Waals surface area contributed by atoms with Gasteiger partial charge in [-0.1, -0.05) is 17.7 Å². The zero-order valence-electron chi connectivity index (χ0n) is 15.4. The molecule has 0 spiro atoms. The minimum absolute atomic E-state index is 0.0824. The van der Waals surface area contributed by atoms with Gasteiger partial charge < -0.3 is 4.57 Å². The van der Waals surface area contributed by atoms with Gasteiger partial charge in [0.25, 0.3) is 5.69 Å². The number of hydrogen-bond donors (Lipinski definition) is 0. The van der Waals surface area contributed by atoms with E-state index >= 15 is 0 Å². The fraction of sp³-hybridized carbons (Fsp3) is 0.190. The van der Waals surface area contributed by atoms with Gasteiger partial charge in [-0.2, -0.15) is 0 Å². The van der Waals surface area contributed by atoms with Gasteiger partial charge in [-0.25, -0.2) is 0 Å². The lowest BCUT2D eigenvalue weighted by Crippen LogP contribution is -1.99. The van der Waals surface area contributed by atoms with Crippen LogP contribution in [-0.2, 0) is 0 Å². The molecule has 3 rings (SSSR count). The second-order valence-corrected chi connectivity index (χ2v) is 6.48. The highest BCUT2D eigenvalue weighted by Gasteiger charge is 2.10. The summed E-state index contributed by atoms with van der Waals surface area (Å²) in [6.45, 7) is 8.04. The Bertz CT molecular complexity index is 999. The normalized spacial score (nSPS) is 11.2. The van der Waals surface area contributed by atoms with E-state index in [1.807, 2.05) is 13.1 Å². The smallest absolute Gasteiger partial charge is 0.269 e. The van der Waals surface area contributed by atoms with Crippen molar-refractivity contribution in [3.63, 3.8) is 0 Å². The quantitative estimate of drug-likeness (QED) is 0.362. The SMILES string of the molecule is Cc1ccc(-n2c(C)cc(C=Nc3ccc([N+](=O)[O-])cc3C)c2C)cc1. The van der Waals surface area contributed by atoms with Crippen LogP contribution in [0.25, 0.3) is 5.69 Å². The third-order valence-corrected chi connectivity index (χ3v) is 4.50. The highest BCUT2D eigenvalue weighted by molar-refractivity contribution is 5.84. The largest absolute Gasteiger partial charge is 0.318 e. The maximum absolute atomic E-state index is 10.8. The van der Waals surface area contributed by atoms with Gasteiger partial charge in [0.05, 0.1) is 10.6 Å². The number of aliphatic imine (C=N–C) groups is 1. The number of hydrogen-bond acceptors (Lipinski definition) is 3. The Morgan fingerprint density at radius 3 is 2.31 bits per heavy atom. The van der Waals surface area contributed by atoms with Crippen molar-refractivity contribution in [2.75, 3.05) is 0 Å². The van der Waals surface area contributed by atoms with Gasteiger partial charge in [0.2, 0.25) is 0 Å². The molecule has 0 aliphatic carbocycles. The van der Waals surface area contributed by atoms with Crippen molar-refractivity contribution in [2.45, 2.75) is 27.7 Å². The fourth-order valence-corrected chi connectivity index (χ4v) is 3.05. The highest BCUT2D eigenvalue weighted by atomic mass is 16.6. The van der Waals surface area contributed by atoms with E-state index in [1.54, 1.807) is 12.1 Å². The second-order valence-electron chi connectivity index (χ2n) is 6.48. The summed E-state index contributed by atoms with van der Waals surface area (Å²) in [5.41, 5.74) is 7.21. The number of nitrogens with zero attached hydrogens (tertiary/aromatic N) is 3. The predicted octanol–water partition coefficient (Wildman–Crippen LogP) is 5.37. The topological polar surface area (TPSA) is 60.4 Å². The summed E-state index contributed by atoms with van der Waals surface area (Å²) in [5, 5.41) is 10.8. The van der Waals surface area contributed by atoms with Crippen LogP contribution in [0.3, 0.4) is 0 Å². The van der Waals surface area contributed by atoms with Crippen molar-refractivity contribution in [2.24, 2.45) is 4.99 Å². The van der Waals surface area contributed by atoms with E-state index in [4.69, 9.17) is 0 Å². The van der Waals surface area contributed by atoms with Crippen LogP contribution in [0.2, 0.25) is 0 Å². The van der Waals surface area contributed by atoms with Gasteiger partial charge in [-0.15, -0.1) is 0 Å². The Hall–Kier alpha value is -3.21. The molecule has 2 aromatic carbocycles. The minimum Gasteiger partial charge on any atom is -0.318 e. The van der Waals surface area contributed by atoms with Crippen molar-refractivity contribution < 1.29 is 4.92 Å². The van der Waals surface area contributed by atoms with Crippen molar-refractivity contribution >= 4 is 17.6 Å². The molecular formula is C21H21N3O2. The van der Waals surface area contributed by atoms with Crippen LogP contribution in [0.5, 0.6) is 0 Å². The average molecular weight is 347 g/mol. The molecule has 5 nitrogen and oxygen atoms in total. The summed E-state index contributed by atoms with van der Waals surface area (Å²) in [5.74, 6) is 0. The van der Waals surface area contributed by atoms with Crippen molar-refractivity contribution in [3.05, 3.63) is 86.7 Å². The maximum Gasteiger partial charge on any atom is 0.269 e. The molecule has 0 unspecified atom stereocenters. The van der Waals surface area contributed by atoms with Gasteiger partial charge in [-0.3, -0.25) is 15.1 Å². The molecule has 0 radical (unpaired) electrons. The molecule has 1 aromatic heterocycles. The van der Waals surface area contributed by atoms with Crippen molar-refractivity contribution in [1.82, 2.24) is 4.57 Å². The van der Waals surface area contributed by atoms with Gasteiger partial charge in [0.15, 0.2) is 0 Å². The Morgan fingerprint density at radius 2 is 1.69 bits per heavy atom. The van der Waals surface area contributed by atoms with Gasteiger partial charge in [0.1, 0.15) is 0 Å². The fourth-order valence-electron chi connectivity index (χ4n) is 3.05. The van der Waals surface area contributed by atoms with E-state index in [2.05, 4.69) is 60.7 Å². The molecule has 3 aromatic rings. The number of rotatable bonds is 4. The number of aryl methyl sites for hydroxylation is 3. The second kappa shape index (κ2) is 6.96. The Kier molecular flexibility index (Phi) is 4.71. The lowest BCUT2D eigenvalue weighted by atomic mass is 10.2. The van der Waals surface area contributed by atoms with E-state index in [0.717, 1.165) is 33.9 Å². The van der Waals surface area contributed by atoms with Crippen LogP contribution in [0, 0.1) is 37.8 Å². The van der Waals surface area contributed by atoms with E-state index < -0.39 is 4.92 Å².